The summed E-state index contributed by atoms with van der Waals surface area (Å²) in [6.07, 6.45) is 3.19. The highest BCUT2D eigenvalue weighted by atomic mass is 79.9. The quantitative estimate of drug-likeness (QED) is 0.720. The van der Waals surface area contributed by atoms with Crippen LogP contribution in [-0.2, 0) is 4.74 Å². The van der Waals surface area contributed by atoms with Gasteiger partial charge in [0.15, 0.2) is 0 Å². The second-order valence-corrected chi connectivity index (χ2v) is 7.42. The zero-order valence-electron chi connectivity index (χ0n) is 14.5. The predicted octanol–water partition coefficient (Wildman–Crippen LogP) is 5.19. The molecule has 0 spiro atoms. The van der Waals surface area contributed by atoms with Crippen molar-refractivity contribution in [1.29, 1.82) is 0 Å². The van der Waals surface area contributed by atoms with Gasteiger partial charge in [-0.05, 0) is 57.0 Å². The summed E-state index contributed by atoms with van der Waals surface area (Å²) in [5.74, 6) is 0. The number of nitrogens with zero attached hydrogens (tertiary/aromatic N) is 2. The van der Waals surface area contributed by atoms with E-state index in [1.165, 1.54) is 0 Å². The van der Waals surface area contributed by atoms with Crippen LogP contribution in [0.5, 0.6) is 0 Å². The normalized spacial score (nSPS) is 12.5. The second kappa shape index (κ2) is 7.79. The summed E-state index contributed by atoms with van der Waals surface area (Å²) in [7, 11) is 0. The zero-order chi connectivity index (χ0) is 17.7. The number of benzene rings is 1. The molecule has 1 aromatic heterocycles. The van der Waals surface area contributed by atoms with Crippen molar-refractivity contribution in [2.75, 3.05) is 6.54 Å². The molecule has 2 rings (SSSR count). The van der Waals surface area contributed by atoms with Crippen molar-refractivity contribution in [3.8, 4) is 0 Å². The number of hydrogen-bond donors (Lipinski definition) is 0. The van der Waals surface area contributed by atoms with E-state index in [1.807, 2.05) is 64.1 Å². The van der Waals surface area contributed by atoms with E-state index < -0.39 is 5.60 Å². The van der Waals surface area contributed by atoms with Crippen molar-refractivity contribution in [1.82, 2.24) is 9.88 Å². The Bertz CT molecular complexity index is 666. The van der Waals surface area contributed by atoms with Crippen LogP contribution >= 0.6 is 15.9 Å². The maximum atomic E-state index is 12.7. The average molecular weight is 391 g/mol. The molecule has 5 heteroatoms. The SMILES string of the molecule is CCN(C(=O)OC(C)(C)C)C(c1ccc(Br)cc1)c1cccnc1. The van der Waals surface area contributed by atoms with Gasteiger partial charge < -0.3 is 4.74 Å². The van der Waals surface area contributed by atoms with Crippen molar-refractivity contribution >= 4 is 22.0 Å². The molecule has 4 nitrogen and oxygen atoms in total. The van der Waals surface area contributed by atoms with Gasteiger partial charge in [0, 0.05) is 23.4 Å². The van der Waals surface area contributed by atoms with E-state index in [2.05, 4.69) is 20.9 Å². The fourth-order valence-electron chi connectivity index (χ4n) is 2.47. The number of halogens is 1. The number of amides is 1. The third-order valence-electron chi connectivity index (χ3n) is 3.47. The van der Waals surface area contributed by atoms with Crippen molar-refractivity contribution in [3.63, 3.8) is 0 Å². The van der Waals surface area contributed by atoms with Crippen molar-refractivity contribution in [2.24, 2.45) is 0 Å². The van der Waals surface area contributed by atoms with E-state index in [1.54, 1.807) is 17.3 Å². The van der Waals surface area contributed by atoms with Gasteiger partial charge in [-0.15, -0.1) is 0 Å². The lowest BCUT2D eigenvalue weighted by molar-refractivity contribution is 0.0202. The van der Waals surface area contributed by atoms with Crippen LogP contribution in [0, 0.1) is 0 Å². The summed E-state index contributed by atoms with van der Waals surface area (Å²) in [5, 5.41) is 0. The molecule has 0 fully saturated rings. The zero-order valence-corrected chi connectivity index (χ0v) is 16.1. The molecule has 1 atom stereocenters. The van der Waals surface area contributed by atoms with Gasteiger partial charge in [0.2, 0.25) is 0 Å². The van der Waals surface area contributed by atoms with Crippen LogP contribution in [0.4, 0.5) is 4.79 Å². The Morgan fingerprint density at radius 3 is 2.38 bits per heavy atom. The number of aromatic nitrogens is 1. The summed E-state index contributed by atoms with van der Waals surface area (Å²) >= 11 is 3.46. The largest absolute Gasteiger partial charge is 0.444 e. The molecule has 0 aliphatic rings. The predicted molar refractivity (Wildman–Crippen MR) is 98.8 cm³/mol. The van der Waals surface area contributed by atoms with E-state index >= 15 is 0 Å². The third kappa shape index (κ3) is 4.81. The average Bonchev–Trinajstić information content (AvgIpc) is 2.52. The topological polar surface area (TPSA) is 42.4 Å². The number of ether oxygens (including phenoxy) is 1. The molecule has 128 valence electrons. The monoisotopic (exact) mass is 390 g/mol. The molecule has 0 N–H and O–H groups in total. The molecular formula is C19H23BrN2O2. The Morgan fingerprint density at radius 2 is 1.88 bits per heavy atom. The van der Waals surface area contributed by atoms with Gasteiger partial charge in [0.1, 0.15) is 5.60 Å². The fraction of sp³-hybridized carbons (Fsp3) is 0.368. The molecule has 1 unspecified atom stereocenters. The van der Waals surface area contributed by atoms with Gasteiger partial charge in [0.05, 0.1) is 6.04 Å². The number of carbonyl (C=O) groups excluding carboxylic acids is 1. The molecule has 0 saturated carbocycles. The highest BCUT2D eigenvalue weighted by molar-refractivity contribution is 9.10. The molecule has 2 aromatic rings. The molecule has 24 heavy (non-hydrogen) atoms. The van der Waals surface area contributed by atoms with E-state index in [0.29, 0.717) is 6.54 Å². The van der Waals surface area contributed by atoms with Crippen LogP contribution in [-0.4, -0.2) is 28.1 Å². The van der Waals surface area contributed by atoms with Gasteiger partial charge >= 0.3 is 6.09 Å². The van der Waals surface area contributed by atoms with Crippen LogP contribution in [0.15, 0.2) is 53.3 Å². The summed E-state index contributed by atoms with van der Waals surface area (Å²) < 4.78 is 6.59. The van der Waals surface area contributed by atoms with Crippen molar-refractivity contribution in [3.05, 3.63) is 64.4 Å². The molecule has 1 amide bonds. The molecule has 0 radical (unpaired) electrons. The van der Waals surface area contributed by atoms with E-state index in [4.69, 9.17) is 4.74 Å². The Morgan fingerprint density at radius 1 is 1.21 bits per heavy atom. The lowest BCUT2D eigenvalue weighted by atomic mass is 9.99. The van der Waals surface area contributed by atoms with Crippen LogP contribution < -0.4 is 0 Å². The summed E-state index contributed by atoms with van der Waals surface area (Å²) in [4.78, 5) is 18.7. The number of pyridine rings is 1. The Hall–Kier alpha value is -1.88. The highest BCUT2D eigenvalue weighted by Crippen LogP contribution is 2.30. The van der Waals surface area contributed by atoms with Gasteiger partial charge in [-0.2, -0.15) is 0 Å². The minimum Gasteiger partial charge on any atom is -0.444 e. The lowest BCUT2D eigenvalue weighted by Crippen LogP contribution is -2.39. The Labute approximate surface area is 152 Å². The maximum Gasteiger partial charge on any atom is 0.411 e. The first-order valence-corrected chi connectivity index (χ1v) is 8.76. The van der Waals surface area contributed by atoms with Crippen LogP contribution in [0.2, 0.25) is 0 Å². The number of hydrogen-bond acceptors (Lipinski definition) is 3. The maximum absolute atomic E-state index is 12.7. The Balaban J connectivity index is 2.44. The van der Waals surface area contributed by atoms with E-state index in [9.17, 15) is 4.79 Å². The molecular weight excluding hydrogens is 368 g/mol. The van der Waals surface area contributed by atoms with E-state index in [-0.39, 0.29) is 12.1 Å². The molecule has 0 bridgehead atoms. The molecule has 0 saturated heterocycles. The summed E-state index contributed by atoms with van der Waals surface area (Å²) in [5.41, 5.74) is 1.43. The molecule has 1 heterocycles. The van der Waals surface area contributed by atoms with E-state index in [0.717, 1.165) is 15.6 Å². The van der Waals surface area contributed by atoms with Gasteiger partial charge in [-0.3, -0.25) is 9.88 Å². The highest BCUT2D eigenvalue weighted by Gasteiger charge is 2.29. The van der Waals surface area contributed by atoms with Crippen molar-refractivity contribution in [2.45, 2.75) is 39.3 Å². The van der Waals surface area contributed by atoms with Crippen LogP contribution in [0.1, 0.15) is 44.9 Å². The van der Waals surface area contributed by atoms with Gasteiger partial charge in [-0.25, -0.2) is 4.79 Å². The molecule has 0 aliphatic carbocycles. The number of rotatable bonds is 4. The van der Waals surface area contributed by atoms with Crippen LogP contribution in [0.3, 0.4) is 0 Å². The third-order valence-corrected chi connectivity index (χ3v) is 3.99. The first-order valence-electron chi connectivity index (χ1n) is 7.97. The van der Waals surface area contributed by atoms with Gasteiger partial charge in [0.25, 0.3) is 0 Å². The second-order valence-electron chi connectivity index (χ2n) is 6.51. The van der Waals surface area contributed by atoms with Crippen LogP contribution in [0.25, 0.3) is 0 Å². The minimum atomic E-state index is -0.538. The standard InChI is InChI=1S/C19H23BrN2O2/c1-5-22(18(23)24-19(2,3)4)17(15-7-6-12-21-13-15)14-8-10-16(20)11-9-14/h6-13,17H,5H2,1-4H3. The lowest BCUT2D eigenvalue weighted by Gasteiger charge is -2.33. The summed E-state index contributed by atoms with van der Waals surface area (Å²) in [6, 6.07) is 11.6. The first kappa shape index (κ1) is 18.5. The number of carbonyl (C=O) groups is 1. The minimum absolute atomic E-state index is 0.244. The molecule has 1 aromatic carbocycles. The smallest absolute Gasteiger partial charge is 0.411 e. The molecule has 0 aliphatic heterocycles. The summed E-state index contributed by atoms with van der Waals surface area (Å²) in [6.45, 7) is 8.10. The Kier molecular flexibility index (Phi) is 5.99. The first-order chi connectivity index (χ1) is 11.3. The van der Waals surface area contributed by atoms with Crippen molar-refractivity contribution < 1.29 is 9.53 Å². The van der Waals surface area contributed by atoms with Gasteiger partial charge in [-0.1, -0.05) is 34.1 Å². The fourth-order valence-corrected chi connectivity index (χ4v) is 2.74.